The molecule has 0 aliphatic rings. The summed E-state index contributed by atoms with van der Waals surface area (Å²) < 4.78 is 4.95. The minimum Gasteiger partial charge on any atom is -0.323 e. The van der Waals surface area contributed by atoms with Gasteiger partial charge in [-0.3, -0.25) is 14.0 Å². The first-order valence-corrected chi connectivity index (χ1v) is 6.81. The molecule has 6 nitrogen and oxygen atoms in total. The highest BCUT2D eigenvalue weighted by atomic mass is 32.2. The second kappa shape index (κ2) is 3.47. The van der Waals surface area contributed by atoms with E-state index in [2.05, 4.69) is 14.3 Å². The molecule has 0 aliphatic heterocycles. The van der Waals surface area contributed by atoms with Gasteiger partial charge < -0.3 is 9.55 Å². The largest absolute Gasteiger partial charge is 0.323 e. The van der Waals surface area contributed by atoms with Crippen LogP contribution in [0.2, 0.25) is 0 Å². The van der Waals surface area contributed by atoms with Crippen LogP contribution in [0.3, 0.4) is 0 Å². The highest BCUT2D eigenvalue weighted by Gasteiger charge is 2.17. The summed E-state index contributed by atoms with van der Waals surface area (Å²) in [5.41, 5.74) is 0.655. The Bertz CT molecular complexity index is 838. The minimum absolute atomic E-state index is 0.185. The van der Waals surface area contributed by atoms with E-state index in [0.29, 0.717) is 26.4 Å². The van der Waals surface area contributed by atoms with E-state index < -0.39 is 0 Å². The monoisotopic (exact) mass is 268 g/mol. The molecular formula is C9H8N4O2S2. The Balaban J connectivity index is 2.67. The zero-order valence-electron chi connectivity index (χ0n) is 9.03. The van der Waals surface area contributed by atoms with Crippen LogP contribution in [0.5, 0.6) is 0 Å². The predicted molar refractivity (Wildman–Crippen MR) is 69.1 cm³/mol. The minimum atomic E-state index is -0.208. The van der Waals surface area contributed by atoms with Gasteiger partial charge in [0.05, 0.1) is 4.70 Å². The van der Waals surface area contributed by atoms with Crippen molar-refractivity contribution >= 4 is 44.5 Å². The lowest BCUT2D eigenvalue weighted by Crippen LogP contribution is -2.09. The number of hydrogen-bond acceptors (Lipinski definition) is 5. The van der Waals surface area contributed by atoms with E-state index >= 15 is 0 Å². The summed E-state index contributed by atoms with van der Waals surface area (Å²) in [5, 5.41) is 1.02. The number of thioether (sulfide) groups is 1. The van der Waals surface area contributed by atoms with E-state index in [1.54, 1.807) is 11.6 Å². The van der Waals surface area contributed by atoms with Gasteiger partial charge in [0.15, 0.2) is 5.16 Å². The molecule has 0 radical (unpaired) electrons. The van der Waals surface area contributed by atoms with Gasteiger partial charge in [0.2, 0.25) is 0 Å². The summed E-state index contributed by atoms with van der Waals surface area (Å²) in [4.78, 5) is 30.6. The summed E-state index contributed by atoms with van der Waals surface area (Å²) in [6, 6.07) is 0. The maximum absolute atomic E-state index is 12.0. The zero-order valence-corrected chi connectivity index (χ0v) is 10.7. The first-order valence-electron chi connectivity index (χ1n) is 4.77. The van der Waals surface area contributed by atoms with Gasteiger partial charge in [-0.05, 0) is 6.26 Å². The molecule has 2 N–H and O–H groups in total. The van der Waals surface area contributed by atoms with Gasteiger partial charge in [-0.15, -0.1) is 0 Å². The topological polar surface area (TPSA) is 83.5 Å². The van der Waals surface area contributed by atoms with Gasteiger partial charge in [-0.2, -0.15) is 0 Å². The highest BCUT2D eigenvalue weighted by molar-refractivity contribution is 7.98. The lowest BCUT2D eigenvalue weighted by atomic mass is 10.4. The molecule has 17 heavy (non-hydrogen) atoms. The van der Waals surface area contributed by atoms with E-state index in [4.69, 9.17) is 0 Å². The average Bonchev–Trinajstić information content (AvgIpc) is 2.81. The Hall–Kier alpha value is -1.54. The molecule has 0 saturated heterocycles. The number of fused-ring (bicyclic) bond motifs is 3. The van der Waals surface area contributed by atoms with Crippen LogP contribution in [0.25, 0.3) is 21.3 Å². The van der Waals surface area contributed by atoms with Crippen molar-refractivity contribution in [2.45, 2.75) is 5.16 Å². The van der Waals surface area contributed by atoms with Gasteiger partial charge in [0, 0.05) is 7.05 Å². The van der Waals surface area contributed by atoms with Gasteiger partial charge in [0.25, 0.3) is 11.1 Å². The van der Waals surface area contributed by atoms with Gasteiger partial charge in [-0.1, -0.05) is 23.3 Å². The van der Waals surface area contributed by atoms with Crippen LogP contribution in [-0.4, -0.2) is 25.2 Å². The standard InChI is InChI=1S/C9H8N4O2S2/c1-13-4-5(17-12-8(4)15)3-6(13)10-9(16-2)11-7(3)14/h1-2H3,(H,12,15)(H,10,11,14). The maximum Gasteiger partial charge on any atom is 0.282 e. The van der Waals surface area contributed by atoms with Crippen molar-refractivity contribution in [3.63, 3.8) is 0 Å². The third-order valence-corrected chi connectivity index (χ3v) is 4.10. The Morgan fingerprint density at radius 2 is 2.12 bits per heavy atom. The molecule has 0 atom stereocenters. The summed E-state index contributed by atoms with van der Waals surface area (Å²) in [6.07, 6.45) is 1.84. The fourth-order valence-electron chi connectivity index (χ4n) is 1.86. The summed E-state index contributed by atoms with van der Waals surface area (Å²) in [7, 11) is 1.74. The van der Waals surface area contributed by atoms with Crippen molar-refractivity contribution in [3.05, 3.63) is 20.7 Å². The molecule has 0 aliphatic carbocycles. The van der Waals surface area contributed by atoms with Gasteiger partial charge in [0.1, 0.15) is 16.6 Å². The number of rotatable bonds is 1. The first kappa shape index (κ1) is 10.6. The van der Waals surface area contributed by atoms with Crippen molar-refractivity contribution in [1.29, 1.82) is 0 Å². The van der Waals surface area contributed by atoms with Crippen LogP contribution in [-0.2, 0) is 7.05 Å². The number of aromatic nitrogens is 4. The third-order valence-electron chi connectivity index (χ3n) is 2.63. The smallest absolute Gasteiger partial charge is 0.282 e. The molecule has 0 unspecified atom stereocenters. The molecule has 0 bridgehead atoms. The molecule has 0 spiro atoms. The fourth-order valence-corrected chi connectivity index (χ4v) is 3.14. The van der Waals surface area contributed by atoms with E-state index in [0.717, 1.165) is 0 Å². The number of nitrogens with zero attached hydrogens (tertiary/aromatic N) is 2. The molecule has 0 saturated carbocycles. The van der Waals surface area contributed by atoms with Crippen LogP contribution in [0, 0.1) is 0 Å². The Morgan fingerprint density at radius 1 is 1.35 bits per heavy atom. The van der Waals surface area contributed by atoms with Crippen LogP contribution < -0.4 is 11.1 Å². The van der Waals surface area contributed by atoms with Crippen molar-refractivity contribution in [3.8, 4) is 0 Å². The molecule has 3 rings (SSSR count). The van der Waals surface area contributed by atoms with Crippen molar-refractivity contribution < 1.29 is 0 Å². The zero-order chi connectivity index (χ0) is 12.2. The van der Waals surface area contributed by atoms with Gasteiger partial charge >= 0.3 is 0 Å². The number of aromatic amines is 2. The third kappa shape index (κ3) is 1.31. The molecule has 3 aromatic heterocycles. The molecule has 0 amide bonds. The number of hydrogen-bond donors (Lipinski definition) is 2. The highest BCUT2D eigenvalue weighted by Crippen LogP contribution is 2.25. The van der Waals surface area contributed by atoms with Crippen molar-refractivity contribution in [1.82, 2.24) is 18.9 Å². The van der Waals surface area contributed by atoms with Crippen LogP contribution in [0.15, 0.2) is 14.7 Å². The molecule has 3 heterocycles. The molecule has 0 aromatic carbocycles. The Morgan fingerprint density at radius 3 is 2.82 bits per heavy atom. The summed E-state index contributed by atoms with van der Waals surface area (Å²) in [5.74, 6) is 0. The number of aryl methyl sites for hydroxylation is 1. The van der Waals surface area contributed by atoms with Gasteiger partial charge in [-0.25, -0.2) is 4.98 Å². The van der Waals surface area contributed by atoms with Crippen LogP contribution >= 0.6 is 23.3 Å². The number of nitrogens with one attached hydrogen (secondary N) is 2. The second-order valence-electron chi connectivity index (χ2n) is 3.54. The Kier molecular flexibility index (Phi) is 2.17. The fraction of sp³-hybridized carbons (Fsp3) is 0.222. The SMILES string of the molecule is CSc1nc2c(c(=O)[nH]1)c1s[nH]c(=O)c1n2C. The van der Waals surface area contributed by atoms with Crippen molar-refractivity contribution in [2.75, 3.05) is 6.26 Å². The molecule has 3 aromatic rings. The van der Waals surface area contributed by atoms with E-state index in [1.165, 1.54) is 23.3 Å². The maximum atomic E-state index is 12.0. The predicted octanol–water partition coefficient (Wildman–Crippen LogP) is 0.886. The quantitative estimate of drug-likeness (QED) is 0.507. The molecule has 0 fully saturated rings. The molecule has 88 valence electrons. The van der Waals surface area contributed by atoms with E-state index in [1.807, 2.05) is 6.26 Å². The van der Waals surface area contributed by atoms with E-state index in [9.17, 15) is 9.59 Å². The van der Waals surface area contributed by atoms with Crippen LogP contribution in [0.1, 0.15) is 0 Å². The van der Waals surface area contributed by atoms with Crippen LogP contribution in [0.4, 0.5) is 0 Å². The summed E-state index contributed by atoms with van der Waals surface area (Å²) in [6.45, 7) is 0. The average molecular weight is 268 g/mol. The van der Waals surface area contributed by atoms with E-state index in [-0.39, 0.29) is 11.1 Å². The molecule has 8 heteroatoms. The number of H-pyrrole nitrogens is 2. The first-order chi connectivity index (χ1) is 8.13. The Labute approximate surface area is 103 Å². The normalized spacial score (nSPS) is 11.6. The lowest BCUT2D eigenvalue weighted by Gasteiger charge is -1.98. The lowest BCUT2D eigenvalue weighted by molar-refractivity contribution is 0.915. The van der Waals surface area contributed by atoms with Crippen molar-refractivity contribution in [2.24, 2.45) is 7.05 Å². The summed E-state index contributed by atoms with van der Waals surface area (Å²) >= 11 is 2.53. The molecular weight excluding hydrogens is 260 g/mol. The second-order valence-corrected chi connectivity index (χ2v) is 5.16.